The monoisotopic (exact) mass is 696 g/mol. The highest BCUT2D eigenvalue weighted by molar-refractivity contribution is 5.89. The van der Waals surface area contributed by atoms with Gasteiger partial charge in [-0.15, -0.1) is 10.2 Å². The summed E-state index contributed by atoms with van der Waals surface area (Å²) >= 11 is 0. The molecule has 1 saturated heterocycles. The van der Waals surface area contributed by atoms with Gasteiger partial charge in [0.2, 0.25) is 5.95 Å². The largest absolute Gasteiger partial charge is 0.491 e. The normalized spacial score (nSPS) is 19.1. The first-order valence-corrected chi connectivity index (χ1v) is 17.7. The molecule has 0 saturated carbocycles. The highest BCUT2D eigenvalue weighted by Crippen LogP contribution is 2.39. The van der Waals surface area contributed by atoms with Crippen LogP contribution in [-0.4, -0.2) is 61.3 Å². The minimum absolute atomic E-state index is 0.0217. The summed E-state index contributed by atoms with van der Waals surface area (Å²) in [7, 11) is 0. The Hall–Kier alpha value is -5.17. The Kier molecular flexibility index (Phi) is 9.56. The van der Waals surface area contributed by atoms with Crippen molar-refractivity contribution in [2.75, 3.05) is 30.0 Å². The average molecular weight is 697 g/mol. The van der Waals surface area contributed by atoms with E-state index in [1.54, 1.807) is 12.1 Å². The van der Waals surface area contributed by atoms with Gasteiger partial charge in [-0.3, -0.25) is 9.72 Å². The van der Waals surface area contributed by atoms with E-state index in [1.165, 1.54) is 23.2 Å². The van der Waals surface area contributed by atoms with E-state index in [1.807, 2.05) is 61.7 Å². The predicted octanol–water partition coefficient (Wildman–Crippen LogP) is 6.88. The van der Waals surface area contributed by atoms with Gasteiger partial charge < -0.3 is 24.8 Å². The number of aliphatic hydroxyl groups is 1. The Morgan fingerprint density at radius 2 is 1.82 bits per heavy atom. The van der Waals surface area contributed by atoms with Crippen LogP contribution >= 0.6 is 0 Å². The van der Waals surface area contributed by atoms with Crippen molar-refractivity contribution >= 4 is 23.4 Å². The number of benzene rings is 2. The van der Waals surface area contributed by atoms with E-state index in [4.69, 9.17) is 14.6 Å². The Morgan fingerprint density at radius 1 is 1.00 bits per heavy atom. The number of carbonyl (C=O) groups is 1. The topological polar surface area (TPSA) is 131 Å². The first kappa shape index (κ1) is 34.3. The van der Waals surface area contributed by atoms with E-state index in [2.05, 4.69) is 38.7 Å². The summed E-state index contributed by atoms with van der Waals surface area (Å²) in [6.45, 7) is 9.05. The van der Waals surface area contributed by atoms with Crippen molar-refractivity contribution in [1.29, 1.82) is 0 Å². The number of rotatable bonds is 9. The Labute approximate surface area is 296 Å². The number of hydrogen-bond acceptors (Lipinski definition) is 8. The number of piperidine rings is 1. The van der Waals surface area contributed by atoms with Crippen LogP contribution in [0, 0.1) is 5.82 Å². The maximum atomic E-state index is 14.7. The minimum Gasteiger partial charge on any atom is -0.491 e. The zero-order valence-corrected chi connectivity index (χ0v) is 29.5. The molecule has 3 aromatic heterocycles. The van der Waals surface area contributed by atoms with Crippen LogP contribution in [0.3, 0.4) is 0 Å². The standard InChI is InChI=1S/C38H45FN8O4/c1-24-9-7-8-16-45(24)37-43-42-34-15-12-27(23-46(34)37)51-32-14-13-31(29-10-5-6-11-30(29)32)40-36(49)41-35-22-33(38(2,3)4)44-47(35)26-19-25(39)20-28(21-26)50-18-17-48/h5-6,10-12,15,19-24,31-32,48H,7-9,13-14,16-18H2,1-4H3,(H2,40,41,49)/t24-,31-,32+/m0/s1. The van der Waals surface area contributed by atoms with Crippen molar-refractivity contribution in [3.63, 3.8) is 0 Å². The van der Waals surface area contributed by atoms with Gasteiger partial charge in [0.05, 0.1) is 30.2 Å². The van der Waals surface area contributed by atoms with Crippen molar-refractivity contribution in [3.05, 3.63) is 89.5 Å². The fourth-order valence-electron chi connectivity index (χ4n) is 6.97. The average Bonchev–Trinajstić information content (AvgIpc) is 3.73. The molecule has 2 aliphatic rings. The third-order valence-corrected chi connectivity index (χ3v) is 9.62. The number of halogens is 1. The molecule has 2 aromatic carbocycles. The van der Waals surface area contributed by atoms with Gasteiger partial charge in [-0.2, -0.15) is 5.10 Å². The molecule has 3 N–H and O–H groups in total. The molecule has 0 bridgehead atoms. The van der Waals surface area contributed by atoms with Crippen LogP contribution in [-0.2, 0) is 5.41 Å². The van der Waals surface area contributed by atoms with Crippen LogP contribution in [0.4, 0.5) is 21.0 Å². The maximum absolute atomic E-state index is 14.7. The molecule has 268 valence electrons. The fourth-order valence-corrected chi connectivity index (χ4v) is 6.97. The van der Waals surface area contributed by atoms with E-state index in [-0.39, 0.29) is 36.5 Å². The first-order chi connectivity index (χ1) is 24.6. The van der Waals surface area contributed by atoms with Crippen LogP contribution in [0.5, 0.6) is 11.5 Å². The quantitative estimate of drug-likeness (QED) is 0.152. The number of hydrogen-bond donors (Lipinski definition) is 3. The summed E-state index contributed by atoms with van der Waals surface area (Å²) in [6.07, 6.45) is 6.60. The van der Waals surface area contributed by atoms with Crippen LogP contribution in [0.25, 0.3) is 11.3 Å². The summed E-state index contributed by atoms with van der Waals surface area (Å²) in [5.74, 6) is 1.66. The van der Waals surface area contributed by atoms with E-state index in [0.717, 1.165) is 47.9 Å². The van der Waals surface area contributed by atoms with Crippen molar-refractivity contribution in [3.8, 4) is 17.2 Å². The second kappa shape index (κ2) is 14.2. The molecule has 51 heavy (non-hydrogen) atoms. The molecule has 0 radical (unpaired) electrons. The molecule has 0 unspecified atom stereocenters. The number of aliphatic hydroxyl groups excluding tert-OH is 1. The number of nitrogens with zero attached hydrogens (tertiary/aromatic N) is 6. The highest BCUT2D eigenvalue weighted by atomic mass is 19.1. The predicted molar refractivity (Wildman–Crippen MR) is 192 cm³/mol. The fraction of sp³-hybridized carbons (Fsp3) is 0.421. The SMILES string of the molecule is C[C@H]1CCCCN1c1nnc2ccc(O[C@@H]3CC[C@H](NC(=O)Nc4cc(C(C)(C)C)nn4-c4cc(F)cc(OCCO)c4)c4ccccc43)cn12. The van der Waals surface area contributed by atoms with Gasteiger partial charge in [-0.05, 0) is 68.4 Å². The molecule has 7 rings (SSSR count). The Morgan fingerprint density at radius 3 is 2.61 bits per heavy atom. The van der Waals surface area contributed by atoms with Crippen LogP contribution in [0.1, 0.15) is 88.8 Å². The van der Waals surface area contributed by atoms with Crippen LogP contribution < -0.4 is 25.0 Å². The van der Waals surface area contributed by atoms with Gasteiger partial charge in [0.1, 0.15) is 35.8 Å². The Balaban J connectivity index is 1.09. The lowest BCUT2D eigenvalue weighted by molar-refractivity contribution is 0.171. The number of fused-ring (bicyclic) bond motifs is 2. The number of anilines is 2. The third-order valence-electron chi connectivity index (χ3n) is 9.62. The van der Waals surface area contributed by atoms with Crippen molar-refractivity contribution < 1.29 is 23.8 Å². The zero-order chi connectivity index (χ0) is 35.7. The molecule has 5 aromatic rings. The molecule has 0 spiro atoms. The zero-order valence-electron chi connectivity index (χ0n) is 29.5. The minimum atomic E-state index is -0.530. The second-order valence-corrected chi connectivity index (χ2v) is 14.4. The van der Waals surface area contributed by atoms with E-state index >= 15 is 0 Å². The molecular formula is C38H45FN8O4. The lowest BCUT2D eigenvalue weighted by Gasteiger charge is -2.33. The van der Waals surface area contributed by atoms with Gasteiger partial charge in [-0.1, -0.05) is 45.0 Å². The number of nitrogens with one attached hydrogen (secondary N) is 2. The maximum Gasteiger partial charge on any atom is 0.320 e. The lowest BCUT2D eigenvalue weighted by atomic mass is 9.85. The molecule has 12 nitrogen and oxygen atoms in total. The van der Waals surface area contributed by atoms with Crippen molar-refractivity contribution in [2.45, 2.75) is 83.4 Å². The van der Waals surface area contributed by atoms with Crippen LogP contribution in [0.15, 0.2) is 66.9 Å². The summed E-state index contributed by atoms with van der Waals surface area (Å²) in [4.78, 5) is 15.9. The molecule has 2 amide bonds. The van der Waals surface area contributed by atoms with E-state index in [0.29, 0.717) is 36.1 Å². The molecule has 1 aliphatic carbocycles. The number of carbonyl (C=O) groups excluding carboxylic acids is 1. The highest BCUT2D eigenvalue weighted by Gasteiger charge is 2.31. The number of urea groups is 1. The number of pyridine rings is 1. The number of aromatic nitrogens is 5. The van der Waals surface area contributed by atoms with E-state index in [9.17, 15) is 14.3 Å². The van der Waals surface area contributed by atoms with Gasteiger partial charge in [0.15, 0.2) is 5.65 Å². The molecule has 1 aliphatic heterocycles. The lowest BCUT2D eigenvalue weighted by Crippen LogP contribution is -2.38. The van der Waals surface area contributed by atoms with Gasteiger partial charge in [0.25, 0.3) is 0 Å². The van der Waals surface area contributed by atoms with Gasteiger partial charge in [0, 0.05) is 36.2 Å². The summed E-state index contributed by atoms with van der Waals surface area (Å²) in [6, 6.07) is 17.6. The number of amides is 2. The first-order valence-electron chi connectivity index (χ1n) is 17.7. The molecule has 1 fully saturated rings. The second-order valence-electron chi connectivity index (χ2n) is 14.4. The molecule has 3 atom stereocenters. The van der Waals surface area contributed by atoms with E-state index < -0.39 is 11.8 Å². The summed E-state index contributed by atoms with van der Waals surface area (Å²) in [5, 5.41) is 28.9. The summed E-state index contributed by atoms with van der Waals surface area (Å²) in [5.41, 5.74) is 3.52. The smallest absolute Gasteiger partial charge is 0.320 e. The molecule has 4 heterocycles. The molecular weight excluding hydrogens is 651 g/mol. The Bertz CT molecular complexity index is 2020. The van der Waals surface area contributed by atoms with Gasteiger partial charge >= 0.3 is 6.03 Å². The van der Waals surface area contributed by atoms with Crippen molar-refractivity contribution in [2.24, 2.45) is 0 Å². The molecule has 13 heteroatoms. The third kappa shape index (κ3) is 7.34. The number of ether oxygens (including phenoxy) is 2. The summed E-state index contributed by atoms with van der Waals surface area (Å²) < 4.78 is 30.3. The van der Waals surface area contributed by atoms with Crippen LogP contribution in [0.2, 0.25) is 0 Å². The van der Waals surface area contributed by atoms with Crippen molar-refractivity contribution in [1.82, 2.24) is 29.7 Å². The van der Waals surface area contributed by atoms with Gasteiger partial charge in [-0.25, -0.2) is 13.9 Å².